The molecule has 2 rings (SSSR count). The lowest BCUT2D eigenvalue weighted by molar-refractivity contribution is 0.234. The van der Waals surface area contributed by atoms with Gasteiger partial charge in [-0.3, -0.25) is 0 Å². The van der Waals surface area contributed by atoms with Gasteiger partial charge < -0.3 is 10.1 Å². The van der Waals surface area contributed by atoms with E-state index in [9.17, 15) is 0 Å². The fourth-order valence-corrected chi connectivity index (χ4v) is 3.01. The first-order chi connectivity index (χ1) is 9.56. The van der Waals surface area contributed by atoms with Gasteiger partial charge in [-0.15, -0.1) is 0 Å². The number of rotatable bonds is 7. The van der Waals surface area contributed by atoms with Crippen LogP contribution in [0.2, 0.25) is 0 Å². The van der Waals surface area contributed by atoms with Crippen LogP contribution in [0.25, 0.3) is 0 Å². The van der Waals surface area contributed by atoms with Gasteiger partial charge in [0.15, 0.2) is 0 Å². The molecule has 2 nitrogen and oxygen atoms in total. The normalized spacial score (nSPS) is 18.6. The molecule has 112 valence electrons. The second-order valence-electron chi connectivity index (χ2n) is 6.53. The van der Waals surface area contributed by atoms with Gasteiger partial charge in [-0.1, -0.05) is 37.5 Å². The van der Waals surface area contributed by atoms with Gasteiger partial charge in [-0.2, -0.15) is 0 Å². The molecule has 1 aliphatic rings. The molecule has 1 saturated carbocycles. The van der Waals surface area contributed by atoms with Crippen LogP contribution in [0.5, 0.6) is 5.75 Å². The Balaban J connectivity index is 1.94. The maximum Gasteiger partial charge on any atom is 0.124 e. The summed E-state index contributed by atoms with van der Waals surface area (Å²) in [6, 6.07) is 9.29. The molecule has 1 aromatic carbocycles. The monoisotopic (exact) mass is 275 g/mol. The number of nitrogens with one attached hydrogen (secondary N) is 1. The highest BCUT2D eigenvalue weighted by Crippen LogP contribution is 2.31. The molecule has 0 heterocycles. The summed E-state index contributed by atoms with van der Waals surface area (Å²) in [6.07, 6.45) is 5.80. The average molecular weight is 275 g/mol. The Hall–Kier alpha value is -1.02. The van der Waals surface area contributed by atoms with Crippen LogP contribution in [0.1, 0.15) is 65.0 Å². The lowest BCUT2D eigenvalue weighted by Crippen LogP contribution is -2.32. The first-order valence-electron chi connectivity index (χ1n) is 8.08. The van der Waals surface area contributed by atoms with Crippen LogP contribution in [0.15, 0.2) is 24.3 Å². The number of hydrogen-bond donors (Lipinski definition) is 1. The predicted molar refractivity (Wildman–Crippen MR) is 85.2 cm³/mol. The minimum atomic E-state index is 0.218. The van der Waals surface area contributed by atoms with Crippen molar-refractivity contribution in [2.75, 3.05) is 0 Å². The van der Waals surface area contributed by atoms with Crippen molar-refractivity contribution in [1.29, 1.82) is 0 Å². The first kappa shape index (κ1) is 15.4. The van der Waals surface area contributed by atoms with Gasteiger partial charge in [0.2, 0.25) is 0 Å². The van der Waals surface area contributed by atoms with E-state index < -0.39 is 0 Å². The number of hydrogen-bond acceptors (Lipinski definition) is 2. The molecule has 0 aliphatic heterocycles. The lowest BCUT2D eigenvalue weighted by atomic mass is 9.81. The highest BCUT2D eigenvalue weighted by atomic mass is 16.5. The van der Waals surface area contributed by atoms with Crippen molar-refractivity contribution in [3.63, 3.8) is 0 Å². The largest absolute Gasteiger partial charge is 0.491 e. The van der Waals surface area contributed by atoms with Gasteiger partial charge in [0.05, 0.1) is 6.10 Å². The van der Waals surface area contributed by atoms with Crippen molar-refractivity contribution in [3.8, 4) is 5.75 Å². The molecule has 0 saturated heterocycles. The van der Waals surface area contributed by atoms with Crippen molar-refractivity contribution in [1.82, 2.24) is 5.32 Å². The summed E-state index contributed by atoms with van der Waals surface area (Å²) in [6.45, 7) is 8.70. The maximum atomic E-state index is 5.92. The molecule has 1 aromatic rings. The molecule has 0 radical (unpaired) electrons. The lowest BCUT2D eigenvalue weighted by Gasteiger charge is -2.30. The van der Waals surface area contributed by atoms with Crippen LogP contribution < -0.4 is 10.1 Å². The Kier molecular flexibility index (Phi) is 5.47. The zero-order chi connectivity index (χ0) is 14.5. The molecule has 0 spiro atoms. The minimum Gasteiger partial charge on any atom is -0.491 e. The molecular weight excluding hydrogens is 246 g/mol. The summed E-state index contributed by atoms with van der Waals surface area (Å²) in [5.74, 6) is 1.96. The fraction of sp³-hybridized carbons (Fsp3) is 0.667. The fourth-order valence-electron chi connectivity index (χ4n) is 3.01. The third-order valence-corrected chi connectivity index (χ3v) is 4.19. The van der Waals surface area contributed by atoms with Crippen molar-refractivity contribution in [2.24, 2.45) is 5.92 Å². The standard InChI is InChI=1S/C18H29NO/c1-13(2)20-18-11-6-5-10-17(18)15(4)19-14(3)12-16-8-7-9-16/h5-6,10-11,13-16,19H,7-9,12H2,1-4H3. The van der Waals surface area contributed by atoms with E-state index in [0.29, 0.717) is 12.1 Å². The maximum absolute atomic E-state index is 5.92. The van der Waals surface area contributed by atoms with E-state index in [1.165, 1.54) is 31.2 Å². The molecule has 2 atom stereocenters. The smallest absolute Gasteiger partial charge is 0.124 e. The summed E-state index contributed by atoms with van der Waals surface area (Å²) in [7, 11) is 0. The molecule has 0 amide bonds. The SMILES string of the molecule is CC(CC1CCC1)NC(C)c1ccccc1OC(C)C. The van der Waals surface area contributed by atoms with E-state index in [1.54, 1.807) is 0 Å². The van der Waals surface area contributed by atoms with Crippen LogP contribution in [0.3, 0.4) is 0 Å². The van der Waals surface area contributed by atoms with E-state index in [0.717, 1.165) is 11.7 Å². The molecule has 1 fully saturated rings. The summed E-state index contributed by atoms with van der Waals surface area (Å²) < 4.78 is 5.92. The zero-order valence-corrected chi connectivity index (χ0v) is 13.4. The zero-order valence-electron chi connectivity index (χ0n) is 13.4. The van der Waals surface area contributed by atoms with Gasteiger partial charge in [-0.05, 0) is 46.1 Å². The molecule has 1 aliphatic carbocycles. The number of ether oxygens (including phenoxy) is 1. The van der Waals surface area contributed by atoms with Crippen LogP contribution in [0.4, 0.5) is 0 Å². The Labute approximate surface area is 123 Å². The Morgan fingerprint density at radius 2 is 1.85 bits per heavy atom. The van der Waals surface area contributed by atoms with Crippen molar-refractivity contribution >= 4 is 0 Å². The molecule has 2 heteroatoms. The quantitative estimate of drug-likeness (QED) is 0.778. The summed E-state index contributed by atoms with van der Waals surface area (Å²) in [4.78, 5) is 0. The molecule has 0 aromatic heterocycles. The third-order valence-electron chi connectivity index (χ3n) is 4.19. The molecule has 1 N–H and O–H groups in total. The van der Waals surface area contributed by atoms with E-state index in [1.807, 2.05) is 6.07 Å². The Morgan fingerprint density at radius 3 is 2.45 bits per heavy atom. The van der Waals surface area contributed by atoms with E-state index in [4.69, 9.17) is 4.74 Å². The van der Waals surface area contributed by atoms with E-state index >= 15 is 0 Å². The third kappa shape index (κ3) is 4.24. The van der Waals surface area contributed by atoms with E-state index in [-0.39, 0.29) is 6.10 Å². The minimum absolute atomic E-state index is 0.218. The highest BCUT2D eigenvalue weighted by Gasteiger charge is 2.21. The first-order valence-corrected chi connectivity index (χ1v) is 8.08. The Morgan fingerprint density at radius 1 is 1.15 bits per heavy atom. The van der Waals surface area contributed by atoms with Gasteiger partial charge in [0.1, 0.15) is 5.75 Å². The highest BCUT2D eigenvalue weighted by molar-refractivity contribution is 5.35. The number of para-hydroxylation sites is 1. The summed E-state index contributed by atoms with van der Waals surface area (Å²) >= 11 is 0. The molecular formula is C18H29NO. The second kappa shape index (κ2) is 7.12. The van der Waals surface area contributed by atoms with Gasteiger partial charge in [-0.25, -0.2) is 0 Å². The molecule has 0 bridgehead atoms. The van der Waals surface area contributed by atoms with Crippen LogP contribution in [-0.2, 0) is 0 Å². The predicted octanol–water partition coefficient (Wildman–Crippen LogP) is 4.70. The number of benzene rings is 1. The van der Waals surface area contributed by atoms with Crippen molar-refractivity contribution < 1.29 is 4.74 Å². The summed E-state index contributed by atoms with van der Waals surface area (Å²) in [5, 5.41) is 3.73. The topological polar surface area (TPSA) is 21.3 Å². The molecule has 2 unspecified atom stereocenters. The second-order valence-corrected chi connectivity index (χ2v) is 6.53. The van der Waals surface area contributed by atoms with Crippen molar-refractivity contribution in [2.45, 2.75) is 71.6 Å². The van der Waals surface area contributed by atoms with Gasteiger partial charge >= 0.3 is 0 Å². The van der Waals surface area contributed by atoms with Gasteiger partial charge in [0.25, 0.3) is 0 Å². The van der Waals surface area contributed by atoms with Crippen molar-refractivity contribution in [3.05, 3.63) is 29.8 Å². The molecule has 20 heavy (non-hydrogen) atoms. The van der Waals surface area contributed by atoms with Crippen LogP contribution >= 0.6 is 0 Å². The van der Waals surface area contributed by atoms with E-state index in [2.05, 4.69) is 51.2 Å². The van der Waals surface area contributed by atoms with Crippen LogP contribution in [-0.4, -0.2) is 12.1 Å². The summed E-state index contributed by atoms with van der Waals surface area (Å²) in [5.41, 5.74) is 1.27. The Bertz CT molecular complexity index is 412. The van der Waals surface area contributed by atoms with Gasteiger partial charge in [0, 0.05) is 17.6 Å². The van der Waals surface area contributed by atoms with Crippen LogP contribution in [0, 0.1) is 5.92 Å². The average Bonchev–Trinajstić information content (AvgIpc) is 2.33.